The van der Waals surface area contributed by atoms with Crippen molar-refractivity contribution in [3.8, 4) is 33.6 Å². The van der Waals surface area contributed by atoms with Crippen molar-refractivity contribution in [2.75, 3.05) is 6.54 Å². The SMILES string of the molecule is C1=NC=C(c2ccc3c(c2)c2cc4c5c(c2n3-c2cccnc2)CCc2c-5c(cc3c5cc(-c6cncnc6)ccc5n(-c5cccnc5)c23)CC4)CN1. The first-order valence-corrected chi connectivity index (χ1v) is 18.6. The Hall–Kier alpha value is -6.93. The summed E-state index contributed by atoms with van der Waals surface area (Å²) in [4.78, 5) is 22.2. The van der Waals surface area contributed by atoms with Crippen LogP contribution in [0.25, 0.3) is 82.8 Å². The van der Waals surface area contributed by atoms with Gasteiger partial charge in [0.15, 0.2) is 0 Å². The Morgan fingerprint density at radius 1 is 0.537 bits per heavy atom. The largest absolute Gasteiger partial charge is 0.372 e. The minimum Gasteiger partial charge on any atom is -0.372 e. The lowest BCUT2D eigenvalue weighted by Gasteiger charge is -2.31. The average Bonchev–Trinajstić information content (AvgIpc) is 3.76. The van der Waals surface area contributed by atoms with E-state index in [0.717, 1.165) is 54.7 Å². The number of hydrogen-bond acceptors (Lipinski definition) is 6. The van der Waals surface area contributed by atoms with Gasteiger partial charge in [-0.2, -0.15) is 0 Å². The van der Waals surface area contributed by atoms with Crippen LogP contribution < -0.4 is 5.32 Å². The first-order chi connectivity index (χ1) is 26.8. The van der Waals surface area contributed by atoms with Crippen LogP contribution in [-0.2, 0) is 25.7 Å². The van der Waals surface area contributed by atoms with Gasteiger partial charge in [0.05, 0.1) is 52.2 Å². The molecule has 1 N–H and O–H groups in total. The molecule has 8 nitrogen and oxygen atoms in total. The zero-order chi connectivity index (χ0) is 35.3. The number of nitrogens with one attached hydrogen (secondary N) is 1. The summed E-state index contributed by atoms with van der Waals surface area (Å²) < 4.78 is 4.91. The van der Waals surface area contributed by atoms with Crippen LogP contribution in [0.2, 0.25) is 0 Å². The highest BCUT2D eigenvalue weighted by molar-refractivity contribution is 6.16. The third-order valence-electron chi connectivity index (χ3n) is 11.8. The minimum atomic E-state index is 0.767. The highest BCUT2D eigenvalue weighted by atomic mass is 15.0. The quantitative estimate of drug-likeness (QED) is 0.199. The van der Waals surface area contributed by atoms with Crippen molar-refractivity contribution in [3.05, 3.63) is 150 Å². The van der Waals surface area contributed by atoms with E-state index in [2.05, 4.69) is 100 Å². The van der Waals surface area contributed by atoms with Gasteiger partial charge in [0.2, 0.25) is 0 Å². The summed E-state index contributed by atoms with van der Waals surface area (Å²) in [5.74, 6) is 0. The fraction of sp³-hybridized carbons (Fsp3) is 0.109. The molecule has 0 saturated heterocycles. The van der Waals surface area contributed by atoms with E-state index in [1.54, 1.807) is 12.7 Å². The van der Waals surface area contributed by atoms with Crippen molar-refractivity contribution >= 4 is 55.5 Å². The fourth-order valence-corrected chi connectivity index (χ4v) is 9.55. The molecule has 0 bridgehead atoms. The van der Waals surface area contributed by atoms with Crippen molar-refractivity contribution in [2.45, 2.75) is 25.7 Å². The molecular weight excluding hydrogens is 665 g/mol. The summed E-state index contributed by atoms with van der Waals surface area (Å²) in [7, 11) is 0. The Morgan fingerprint density at radius 3 is 1.69 bits per heavy atom. The van der Waals surface area contributed by atoms with Gasteiger partial charge in [0.1, 0.15) is 6.33 Å². The molecule has 2 aliphatic carbocycles. The van der Waals surface area contributed by atoms with E-state index >= 15 is 0 Å². The Labute approximate surface area is 310 Å². The number of benzene rings is 4. The van der Waals surface area contributed by atoms with Crippen LogP contribution in [0.5, 0.6) is 0 Å². The third-order valence-corrected chi connectivity index (χ3v) is 11.8. The van der Waals surface area contributed by atoms with Gasteiger partial charge in [-0.25, -0.2) is 15.0 Å². The van der Waals surface area contributed by atoms with Gasteiger partial charge in [-0.05, 0) is 136 Å². The molecule has 0 saturated carbocycles. The highest BCUT2D eigenvalue weighted by Crippen LogP contribution is 2.51. The molecule has 0 atom stereocenters. The molecule has 9 aromatic rings. The Morgan fingerprint density at radius 2 is 1.13 bits per heavy atom. The second kappa shape index (κ2) is 11.3. The number of aliphatic imine (C=N–C) groups is 1. The minimum absolute atomic E-state index is 0.767. The van der Waals surface area contributed by atoms with E-state index in [1.807, 2.05) is 55.5 Å². The number of pyridine rings is 2. The van der Waals surface area contributed by atoms with Crippen molar-refractivity contribution in [3.63, 3.8) is 0 Å². The lowest BCUT2D eigenvalue weighted by molar-refractivity contribution is 0.883. The number of hydrogen-bond donors (Lipinski definition) is 1. The highest BCUT2D eigenvalue weighted by Gasteiger charge is 2.33. The summed E-state index contributed by atoms with van der Waals surface area (Å²) in [5, 5.41) is 8.40. The maximum Gasteiger partial charge on any atom is 0.115 e. The molecule has 0 unspecified atom stereocenters. The molecule has 12 rings (SSSR count). The second-order valence-electron chi connectivity index (χ2n) is 14.6. The van der Waals surface area contributed by atoms with Gasteiger partial charge in [-0.15, -0.1) is 0 Å². The monoisotopic (exact) mass is 696 g/mol. The first kappa shape index (κ1) is 29.6. The lowest BCUT2D eigenvalue weighted by Crippen LogP contribution is -2.16. The van der Waals surface area contributed by atoms with Crippen molar-refractivity contribution in [1.29, 1.82) is 0 Å². The smallest absolute Gasteiger partial charge is 0.115 e. The van der Waals surface area contributed by atoms with Crippen LogP contribution in [-0.4, -0.2) is 42.0 Å². The average molecular weight is 697 g/mol. The van der Waals surface area contributed by atoms with Crippen molar-refractivity contribution < 1.29 is 0 Å². The molecular formula is C46H32N8. The number of aromatic nitrogens is 6. The Kier molecular flexibility index (Phi) is 6.19. The lowest BCUT2D eigenvalue weighted by atomic mass is 9.74. The van der Waals surface area contributed by atoms with Gasteiger partial charge < -0.3 is 14.5 Å². The van der Waals surface area contributed by atoms with Crippen LogP contribution in [0, 0.1) is 0 Å². The van der Waals surface area contributed by atoms with Gasteiger partial charge in [-0.1, -0.05) is 12.1 Å². The molecule has 0 amide bonds. The second-order valence-corrected chi connectivity index (χ2v) is 14.6. The molecule has 8 heteroatoms. The molecule has 5 aromatic heterocycles. The molecule has 0 radical (unpaired) electrons. The maximum absolute atomic E-state index is 4.59. The molecule has 3 aliphatic rings. The zero-order valence-electron chi connectivity index (χ0n) is 29.3. The maximum atomic E-state index is 4.59. The zero-order valence-corrected chi connectivity index (χ0v) is 29.3. The van der Waals surface area contributed by atoms with Crippen LogP contribution in [0.15, 0.2) is 127 Å². The van der Waals surface area contributed by atoms with E-state index in [-0.39, 0.29) is 0 Å². The first-order valence-electron chi connectivity index (χ1n) is 18.6. The molecule has 6 heterocycles. The van der Waals surface area contributed by atoms with Crippen LogP contribution >= 0.6 is 0 Å². The van der Waals surface area contributed by atoms with Crippen LogP contribution in [0.1, 0.15) is 27.8 Å². The topological polar surface area (TPSA) is 85.8 Å². The van der Waals surface area contributed by atoms with E-state index in [1.165, 1.54) is 88.1 Å². The summed E-state index contributed by atoms with van der Waals surface area (Å²) >= 11 is 0. The van der Waals surface area contributed by atoms with Crippen molar-refractivity contribution in [2.24, 2.45) is 4.99 Å². The number of rotatable bonds is 4. The summed E-state index contributed by atoms with van der Waals surface area (Å²) in [6.45, 7) is 0.767. The summed E-state index contributed by atoms with van der Waals surface area (Å²) in [6.07, 6.45) is 20.7. The number of aryl methyl sites for hydroxylation is 4. The fourth-order valence-electron chi connectivity index (χ4n) is 9.55. The Balaban J connectivity index is 1.17. The molecule has 0 fully saturated rings. The molecule has 4 aromatic carbocycles. The van der Waals surface area contributed by atoms with Crippen molar-refractivity contribution in [1.82, 2.24) is 34.4 Å². The molecule has 0 spiro atoms. The van der Waals surface area contributed by atoms with E-state index in [4.69, 9.17) is 0 Å². The summed E-state index contributed by atoms with van der Waals surface area (Å²) in [5.41, 5.74) is 20.2. The van der Waals surface area contributed by atoms with E-state index in [9.17, 15) is 0 Å². The number of fused-ring (bicyclic) bond motifs is 8. The van der Waals surface area contributed by atoms with Gasteiger partial charge >= 0.3 is 0 Å². The van der Waals surface area contributed by atoms with Crippen LogP contribution in [0.4, 0.5) is 0 Å². The normalized spacial score (nSPS) is 14.5. The predicted octanol–water partition coefficient (Wildman–Crippen LogP) is 8.96. The standard InChI is InChI=1S/C46H32N8/c1-3-33(23-47-13-1)53-41-11-7-27(31-19-49-25-50-20-31)15-37(41)39-17-29-5-6-30-18-40-38-16-28(32-21-51-26-52-22-32)8-12-42(38)54(34-4-2-14-48-24-34)46(40)36-10-9-35(45(39)53)43(29)44(30)36/h1-4,7-8,11-21,23-26H,5-6,9-10,22H2,(H,51,52). The number of nitrogens with zero attached hydrogens (tertiary/aromatic N) is 7. The molecule has 256 valence electrons. The summed E-state index contributed by atoms with van der Waals surface area (Å²) in [6, 6.07) is 27.1. The van der Waals surface area contributed by atoms with Crippen LogP contribution in [0.3, 0.4) is 0 Å². The van der Waals surface area contributed by atoms with Gasteiger partial charge in [-0.3, -0.25) is 9.97 Å². The Bertz CT molecular complexity index is 3080. The van der Waals surface area contributed by atoms with E-state index in [0.29, 0.717) is 0 Å². The molecule has 1 aliphatic heterocycles. The predicted molar refractivity (Wildman–Crippen MR) is 216 cm³/mol. The third kappa shape index (κ3) is 4.16. The van der Waals surface area contributed by atoms with Gasteiger partial charge in [0.25, 0.3) is 0 Å². The molecule has 54 heavy (non-hydrogen) atoms. The van der Waals surface area contributed by atoms with Gasteiger partial charge in [0, 0.05) is 64.6 Å². The van der Waals surface area contributed by atoms with E-state index < -0.39 is 0 Å².